The van der Waals surface area contributed by atoms with Crippen LogP contribution in [0.15, 0.2) is 0 Å². The minimum Gasteiger partial charge on any atom is -0.289 e. The van der Waals surface area contributed by atoms with Crippen LogP contribution in [-0.2, 0) is 0 Å². The Hall–Kier alpha value is 0.270. The highest BCUT2D eigenvalue weighted by atomic mass is 32.2. The molecule has 1 aliphatic rings. The van der Waals surface area contributed by atoms with Gasteiger partial charge in [0.1, 0.15) is 0 Å². The Labute approximate surface area is 61.3 Å². The Morgan fingerprint density at radius 1 is 1.44 bits per heavy atom. The third-order valence-corrected chi connectivity index (χ3v) is 2.92. The second-order valence-electron chi connectivity index (χ2n) is 2.44. The second kappa shape index (κ2) is 2.90. The lowest BCUT2D eigenvalue weighted by molar-refractivity contribution is 0.265. The van der Waals surface area contributed by atoms with Crippen molar-refractivity contribution >= 4 is 11.9 Å². The number of rotatable bonds is 1. The van der Waals surface area contributed by atoms with Crippen LogP contribution in [-0.4, -0.2) is 41.8 Å². The first kappa shape index (κ1) is 7.38. The maximum atomic E-state index is 2.39. The molecule has 1 rings (SSSR count). The van der Waals surface area contributed by atoms with E-state index in [1.54, 1.807) is 0 Å². The molecular weight excluding hydrogens is 132 g/mol. The van der Waals surface area contributed by atoms with Gasteiger partial charge in [0.25, 0.3) is 0 Å². The van der Waals surface area contributed by atoms with Gasteiger partial charge in [-0.3, -0.25) is 4.90 Å². The monoisotopic (exact) mass is 146 g/mol. The van der Waals surface area contributed by atoms with E-state index in [4.69, 9.17) is 0 Å². The second-order valence-corrected chi connectivity index (χ2v) is 3.27. The molecule has 1 aliphatic heterocycles. The summed E-state index contributed by atoms with van der Waals surface area (Å²) >= 11 is 1.84. The molecule has 0 radical (unpaired) electrons. The summed E-state index contributed by atoms with van der Waals surface area (Å²) in [5, 5.41) is 0. The van der Waals surface area contributed by atoms with Crippen molar-refractivity contribution < 1.29 is 0 Å². The summed E-state index contributed by atoms with van der Waals surface area (Å²) < 4.78 is 2.39. The molecule has 0 aromatic carbocycles. The zero-order chi connectivity index (χ0) is 6.85. The van der Waals surface area contributed by atoms with Gasteiger partial charge in [-0.2, -0.15) is 0 Å². The van der Waals surface area contributed by atoms with Crippen molar-refractivity contribution in [3.8, 4) is 0 Å². The number of hydrogen-bond acceptors (Lipinski definition) is 3. The molecule has 1 unspecified atom stereocenters. The topological polar surface area (TPSA) is 6.48 Å². The summed E-state index contributed by atoms with van der Waals surface area (Å²) in [4.78, 5) is 2.36. The van der Waals surface area contributed by atoms with Crippen LogP contribution in [0.3, 0.4) is 0 Å². The van der Waals surface area contributed by atoms with Gasteiger partial charge >= 0.3 is 0 Å². The van der Waals surface area contributed by atoms with Crippen molar-refractivity contribution in [3.05, 3.63) is 0 Å². The molecule has 1 heterocycles. The average molecular weight is 146 g/mol. The molecule has 0 aromatic heterocycles. The first-order chi connectivity index (χ1) is 4.25. The zero-order valence-electron chi connectivity index (χ0n) is 6.29. The molecule has 2 nitrogen and oxygen atoms in total. The lowest BCUT2D eigenvalue weighted by atomic mass is 10.6. The van der Waals surface area contributed by atoms with Gasteiger partial charge in [-0.15, -0.1) is 0 Å². The van der Waals surface area contributed by atoms with Crippen LogP contribution in [0.5, 0.6) is 0 Å². The Bertz CT molecular complexity index is 97.1. The number of nitrogens with zero attached hydrogens (tertiary/aromatic N) is 2. The Kier molecular flexibility index (Phi) is 2.38. The van der Waals surface area contributed by atoms with Crippen LogP contribution in [0.25, 0.3) is 0 Å². The van der Waals surface area contributed by atoms with Crippen molar-refractivity contribution in [2.75, 3.05) is 26.4 Å². The third-order valence-electron chi connectivity index (χ3n) is 1.96. The molecule has 1 saturated heterocycles. The van der Waals surface area contributed by atoms with Crippen molar-refractivity contribution in [1.29, 1.82) is 0 Å². The minimum absolute atomic E-state index is 0.625. The van der Waals surface area contributed by atoms with E-state index in [9.17, 15) is 0 Å². The van der Waals surface area contributed by atoms with Gasteiger partial charge in [0.2, 0.25) is 0 Å². The molecule has 0 amide bonds. The average Bonchev–Trinajstić information content (AvgIpc) is 2.15. The highest BCUT2D eigenvalue weighted by molar-refractivity contribution is 7.96. The maximum absolute atomic E-state index is 2.39. The fourth-order valence-electron chi connectivity index (χ4n) is 1.09. The molecule has 54 valence electrons. The largest absolute Gasteiger partial charge is 0.289 e. The van der Waals surface area contributed by atoms with Gasteiger partial charge in [-0.1, -0.05) is 11.9 Å². The van der Waals surface area contributed by atoms with E-state index >= 15 is 0 Å². The molecule has 3 heteroatoms. The number of hydrogen-bond donors (Lipinski definition) is 0. The maximum Gasteiger partial charge on any atom is 0.0690 e. The number of likely N-dealkylation sites (N-methyl/N-ethyl adjacent to an activating group) is 1. The molecule has 0 saturated carbocycles. The smallest absolute Gasteiger partial charge is 0.0690 e. The van der Waals surface area contributed by atoms with Gasteiger partial charge in [0, 0.05) is 13.1 Å². The van der Waals surface area contributed by atoms with Crippen molar-refractivity contribution in [2.45, 2.75) is 13.1 Å². The van der Waals surface area contributed by atoms with Crippen LogP contribution in [0.4, 0.5) is 0 Å². The Morgan fingerprint density at radius 3 is 2.33 bits per heavy atom. The molecule has 9 heavy (non-hydrogen) atoms. The molecule has 0 spiro atoms. The van der Waals surface area contributed by atoms with Gasteiger partial charge in [0.15, 0.2) is 0 Å². The third kappa shape index (κ3) is 1.39. The van der Waals surface area contributed by atoms with Crippen LogP contribution in [0.2, 0.25) is 0 Å². The molecular formula is C6H14N2S. The van der Waals surface area contributed by atoms with E-state index < -0.39 is 0 Å². The minimum atomic E-state index is 0.625. The van der Waals surface area contributed by atoms with Crippen LogP contribution in [0, 0.1) is 0 Å². The predicted molar refractivity (Wildman–Crippen MR) is 42.3 cm³/mol. The van der Waals surface area contributed by atoms with E-state index in [1.165, 1.54) is 13.1 Å². The van der Waals surface area contributed by atoms with Gasteiger partial charge < -0.3 is 0 Å². The van der Waals surface area contributed by atoms with E-state index in [1.807, 2.05) is 11.9 Å². The van der Waals surface area contributed by atoms with Gasteiger partial charge in [0.05, 0.1) is 6.17 Å². The first-order valence-corrected chi connectivity index (χ1v) is 4.45. The fourth-order valence-corrected chi connectivity index (χ4v) is 1.82. The highest BCUT2D eigenvalue weighted by Gasteiger charge is 2.23. The quantitative estimate of drug-likeness (QED) is 0.507. The van der Waals surface area contributed by atoms with Crippen molar-refractivity contribution in [3.63, 3.8) is 0 Å². The zero-order valence-corrected chi connectivity index (χ0v) is 7.11. The summed E-state index contributed by atoms with van der Waals surface area (Å²) in [6.45, 7) is 4.66. The molecule has 0 bridgehead atoms. The van der Waals surface area contributed by atoms with E-state index in [0.29, 0.717) is 6.17 Å². The summed E-state index contributed by atoms with van der Waals surface area (Å²) in [5.74, 6) is 0. The predicted octanol–water partition coefficient (Wildman–Crippen LogP) is 0.858. The lowest BCUT2D eigenvalue weighted by Crippen LogP contribution is -2.29. The molecule has 0 aromatic rings. The van der Waals surface area contributed by atoms with Crippen molar-refractivity contribution in [2.24, 2.45) is 0 Å². The summed E-state index contributed by atoms with van der Waals surface area (Å²) in [7, 11) is 2.17. The summed E-state index contributed by atoms with van der Waals surface area (Å²) in [6, 6.07) is 0. The van der Waals surface area contributed by atoms with Crippen LogP contribution in [0.1, 0.15) is 6.92 Å². The van der Waals surface area contributed by atoms with E-state index in [-0.39, 0.29) is 0 Å². The Morgan fingerprint density at radius 2 is 2.11 bits per heavy atom. The normalized spacial score (nSPS) is 31.7. The molecule has 0 aliphatic carbocycles. The van der Waals surface area contributed by atoms with Crippen molar-refractivity contribution in [1.82, 2.24) is 9.21 Å². The molecule has 1 fully saturated rings. The summed E-state index contributed by atoms with van der Waals surface area (Å²) in [6.07, 6.45) is 2.76. The Balaban J connectivity index is 2.41. The van der Waals surface area contributed by atoms with E-state index in [0.717, 1.165) is 0 Å². The van der Waals surface area contributed by atoms with Gasteiger partial charge in [-0.25, -0.2) is 4.31 Å². The summed E-state index contributed by atoms with van der Waals surface area (Å²) in [5.41, 5.74) is 0. The fraction of sp³-hybridized carbons (Fsp3) is 1.00. The SMILES string of the molecule is CSN1CCN(C)C1C. The van der Waals surface area contributed by atoms with E-state index in [2.05, 4.69) is 29.4 Å². The highest BCUT2D eigenvalue weighted by Crippen LogP contribution is 2.18. The van der Waals surface area contributed by atoms with Crippen LogP contribution < -0.4 is 0 Å². The lowest BCUT2D eigenvalue weighted by Gasteiger charge is -2.20. The van der Waals surface area contributed by atoms with Crippen LogP contribution >= 0.6 is 11.9 Å². The molecule has 1 atom stereocenters. The first-order valence-electron chi connectivity index (χ1n) is 3.26. The van der Waals surface area contributed by atoms with Gasteiger partial charge in [-0.05, 0) is 20.2 Å². The molecule has 0 N–H and O–H groups in total. The standard InChI is InChI=1S/C6H14N2S/c1-6-7(2)4-5-8(6)9-3/h6H,4-5H2,1-3H3.